The fraction of sp³-hybridized carbons (Fsp3) is 0.727. The van der Waals surface area contributed by atoms with Crippen molar-refractivity contribution in [1.29, 1.82) is 0 Å². The number of hydrogen-bond donors (Lipinski definition) is 3. The maximum atomic E-state index is 11.7. The van der Waals surface area contributed by atoms with Crippen molar-refractivity contribution in [3.8, 4) is 0 Å². The molecule has 1 unspecified atom stereocenters. The highest BCUT2D eigenvalue weighted by atomic mass is 16.2. The normalized spacial score (nSPS) is 19.7. The summed E-state index contributed by atoms with van der Waals surface area (Å²) in [6.45, 7) is 5.49. The minimum Gasteiger partial charge on any atom is -0.351 e. The predicted octanol–water partition coefficient (Wildman–Crippen LogP) is -0.716. The molecule has 1 aliphatic rings. The zero-order valence-corrected chi connectivity index (χ0v) is 10.5. The third-order valence-electron chi connectivity index (χ3n) is 3.25. The van der Waals surface area contributed by atoms with Crippen molar-refractivity contribution in [2.24, 2.45) is 5.92 Å². The van der Waals surface area contributed by atoms with Crippen LogP contribution >= 0.6 is 0 Å². The fourth-order valence-corrected chi connectivity index (χ4v) is 2.31. The van der Waals surface area contributed by atoms with E-state index in [1.165, 1.54) is 0 Å². The van der Waals surface area contributed by atoms with Gasteiger partial charge in [-0.3, -0.25) is 9.78 Å². The molecule has 7 heteroatoms. The Morgan fingerprint density at radius 3 is 2.89 bits per heavy atom. The minimum absolute atomic E-state index is 0.294. The van der Waals surface area contributed by atoms with Crippen LogP contribution in [0.25, 0.3) is 0 Å². The number of piperidine rings is 1. The fourth-order valence-electron chi connectivity index (χ4n) is 2.31. The summed E-state index contributed by atoms with van der Waals surface area (Å²) in [6, 6.07) is 0. The van der Waals surface area contributed by atoms with E-state index in [0.717, 1.165) is 32.5 Å². The summed E-state index contributed by atoms with van der Waals surface area (Å²) in [5.41, 5.74) is -0.997. The number of nitrogens with zero attached hydrogens (tertiary/aromatic N) is 2. The first-order valence-electron chi connectivity index (χ1n) is 6.35. The predicted molar refractivity (Wildman–Crippen MR) is 69.0 cm³/mol. The van der Waals surface area contributed by atoms with Crippen molar-refractivity contribution in [3.05, 3.63) is 20.8 Å². The largest absolute Gasteiger partial charge is 0.351 e. The molecule has 1 aromatic heterocycles. The monoisotopic (exact) mass is 253 g/mol. The van der Waals surface area contributed by atoms with Gasteiger partial charge in [0.15, 0.2) is 0 Å². The zero-order chi connectivity index (χ0) is 13.0. The van der Waals surface area contributed by atoms with Crippen LogP contribution in [-0.4, -0.2) is 41.4 Å². The van der Waals surface area contributed by atoms with Gasteiger partial charge in [0.05, 0.1) is 0 Å². The van der Waals surface area contributed by atoms with Gasteiger partial charge in [0.25, 0.3) is 5.56 Å². The first-order chi connectivity index (χ1) is 8.70. The highest BCUT2D eigenvalue weighted by Crippen LogP contribution is 2.13. The molecule has 2 rings (SSSR count). The molecule has 100 valence electrons. The summed E-state index contributed by atoms with van der Waals surface area (Å²) in [5.74, 6) is 0.814. The highest BCUT2D eigenvalue weighted by molar-refractivity contribution is 5.33. The topological polar surface area (TPSA) is 93.9 Å². The Balaban J connectivity index is 2.12. The average molecular weight is 253 g/mol. The van der Waals surface area contributed by atoms with Crippen molar-refractivity contribution in [2.75, 3.05) is 31.1 Å². The molecule has 0 spiro atoms. The Kier molecular flexibility index (Phi) is 4.14. The Labute approximate surface area is 105 Å². The highest BCUT2D eigenvalue weighted by Gasteiger charge is 2.19. The number of aromatic amines is 2. The second-order valence-electron chi connectivity index (χ2n) is 4.58. The third kappa shape index (κ3) is 2.98. The molecule has 7 nitrogen and oxygen atoms in total. The molecule has 0 radical (unpaired) electrons. The molecule has 0 bridgehead atoms. The van der Waals surface area contributed by atoms with Crippen LogP contribution in [-0.2, 0) is 0 Å². The summed E-state index contributed by atoms with van der Waals surface area (Å²) in [4.78, 5) is 26.7. The third-order valence-corrected chi connectivity index (χ3v) is 3.25. The van der Waals surface area contributed by atoms with Gasteiger partial charge in [-0.1, -0.05) is 0 Å². The lowest BCUT2D eigenvalue weighted by molar-refractivity contribution is 0.377. The Bertz CT molecular complexity index is 489. The van der Waals surface area contributed by atoms with Crippen molar-refractivity contribution < 1.29 is 0 Å². The number of aromatic nitrogens is 3. The van der Waals surface area contributed by atoms with Crippen LogP contribution < -0.4 is 21.5 Å². The van der Waals surface area contributed by atoms with Crippen LogP contribution in [0.15, 0.2) is 9.59 Å². The van der Waals surface area contributed by atoms with Gasteiger partial charge in [-0.05, 0) is 38.8 Å². The van der Waals surface area contributed by atoms with Crippen LogP contribution in [0.1, 0.15) is 19.8 Å². The van der Waals surface area contributed by atoms with Gasteiger partial charge >= 0.3 is 5.69 Å². The molecule has 1 saturated heterocycles. The average Bonchev–Trinajstić information content (AvgIpc) is 2.38. The maximum absolute atomic E-state index is 11.7. The van der Waals surface area contributed by atoms with Gasteiger partial charge in [0.2, 0.25) is 5.82 Å². The number of anilines is 1. The second kappa shape index (κ2) is 5.81. The van der Waals surface area contributed by atoms with Crippen molar-refractivity contribution in [1.82, 2.24) is 20.5 Å². The summed E-state index contributed by atoms with van der Waals surface area (Å²) < 4.78 is 0. The summed E-state index contributed by atoms with van der Waals surface area (Å²) in [6.07, 6.45) is 2.32. The smallest absolute Gasteiger partial charge is 0.342 e. The number of hydrogen-bond acceptors (Lipinski definition) is 5. The van der Waals surface area contributed by atoms with Gasteiger partial charge in [0.1, 0.15) is 0 Å². The second-order valence-corrected chi connectivity index (χ2v) is 4.58. The lowest BCUT2D eigenvalue weighted by atomic mass is 9.99. The first kappa shape index (κ1) is 12.8. The molecule has 1 aliphatic heterocycles. The SMILES string of the molecule is CCN(CC1CCCNC1)c1n[nH]c(=O)[nH]c1=O. The van der Waals surface area contributed by atoms with Crippen molar-refractivity contribution in [3.63, 3.8) is 0 Å². The standard InChI is InChI=1S/C11H19N5O2/c1-2-16(7-8-4-3-5-12-6-8)9-10(17)13-11(18)15-14-9/h8,12H,2-7H2,1H3,(H2,13,15,17,18). The molecule has 1 atom stereocenters. The van der Waals surface area contributed by atoms with E-state index in [1.54, 1.807) is 0 Å². The molecule has 1 aromatic rings. The van der Waals surface area contributed by atoms with E-state index < -0.39 is 11.2 Å². The van der Waals surface area contributed by atoms with Crippen molar-refractivity contribution >= 4 is 5.82 Å². The molecule has 18 heavy (non-hydrogen) atoms. The number of nitrogens with one attached hydrogen (secondary N) is 3. The Morgan fingerprint density at radius 1 is 1.44 bits per heavy atom. The number of H-pyrrole nitrogens is 2. The van der Waals surface area contributed by atoms with Crippen LogP contribution in [0.2, 0.25) is 0 Å². The quantitative estimate of drug-likeness (QED) is 0.658. The maximum Gasteiger partial charge on any atom is 0.342 e. The van der Waals surface area contributed by atoms with E-state index in [9.17, 15) is 9.59 Å². The van der Waals surface area contributed by atoms with Gasteiger partial charge < -0.3 is 10.2 Å². The molecule has 0 amide bonds. The van der Waals surface area contributed by atoms with Gasteiger partial charge in [0, 0.05) is 13.1 Å². The minimum atomic E-state index is -0.570. The van der Waals surface area contributed by atoms with E-state index in [-0.39, 0.29) is 0 Å². The van der Waals surface area contributed by atoms with Gasteiger partial charge in [-0.2, -0.15) is 0 Å². The molecular formula is C11H19N5O2. The zero-order valence-electron chi connectivity index (χ0n) is 10.5. The lowest BCUT2D eigenvalue weighted by Gasteiger charge is -2.29. The molecular weight excluding hydrogens is 234 g/mol. The first-order valence-corrected chi connectivity index (χ1v) is 6.35. The van der Waals surface area contributed by atoms with E-state index in [1.807, 2.05) is 11.8 Å². The van der Waals surface area contributed by atoms with Gasteiger partial charge in [-0.15, -0.1) is 5.10 Å². The molecule has 2 heterocycles. The van der Waals surface area contributed by atoms with Crippen LogP contribution in [0, 0.1) is 5.92 Å². The van der Waals surface area contributed by atoms with E-state index in [0.29, 0.717) is 18.3 Å². The summed E-state index contributed by atoms with van der Waals surface area (Å²) in [5, 5.41) is 9.46. The summed E-state index contributed by atoms with van der Waals surface area (Å²) >= 11 is 0. The molecule has 0 aromatic carbocycles. The summed E-state index contributed by atoms with van der Waals surface area (Å²) in [7, 11) is 0. The molecule has 0 saturated carbocycles. The van der Waals surface area contributed by atoms with Crippen LogP contribution in [0.5, 0.6) is 0 Å². The van der Waals surface area contributed by atoms with Gasteiger partial charge in [-0.25, -0.2) is 9.89 Å². The lowest BCUT2D eigenvalue weighted by Crippen LogP contribution is -2.41. The molecule has 1 fully saturated rings. The van der Waals surface area contributed by atoms with Crippen LogP contribution in [0.3, 0.4) is 0 Å². The van der Waals surface area contributed by atoms with E-state index in [2.05, 4.69) is 20.5 Å². The van der Waals surface area contributed by atoms with Crippen molar-refractivity contribution in [2.45, 2.75) is 19.8 Å². The van der Waals surface area contributed by atoms with E-state index in [4.69, 9.17) is 0 Å². The van der Waals surface area contributed by atoms with Crippen LogP contribution in [0.4, 0.5) is 5.82 Å². The van der Waals surface area contributed by atoms with E-state index >= 15 is 0 Å². The molecule has 3 N–H and O–H groups in total. The molecule has 0 aliphatic carbocycles. The Hall–Kier alpha value is -1.63. The Morgan fingerprint density at radius 2 is 2.28 bits per heavy atom. The number of rotatable bonds is 4.